The van der Waals surface area contributed by atoms with Crippen molar-refractivity contribution in [3.63, 3.8) is 0 Å². The van der Waals surface area contributed by atoms with Crippen LogP contribution < -0.4 is 0 Å². The van der Waals surface area contributed by atoms with Crippen LogP contribution in [-0.2, 0) is 4.79 Å². The van der Waals surface area contributed by atoms with Crippen LogP contribution in [-0.4, -0.2) is 16.3 Å². The van der Waals surface area contributed by atoms with Crippen LogP contribution >= 0.6 is 11.8 Å². The van der Waals surface area contributed by atoms with Gasteiger partial charge in [0.25, 0.3) is 0 Å². The predicted molar refractivity (Wildman–Crippen MR) is 39.5 cm³/mol. The van der Waals surface area contributed by atoms with Crippen LogP contribution in [0.3, 0.4) is 0 Å². The van der Waals surface area contributed by atoms with E-state index in [0.29, 0.717) is 5.25 Å². The van der Waals surface area contributed by atoms with Crippen LogP contribution in [0.1, 0.15) is 13.8 Å². The van der Waals surface area contributed by atoms with Gasteiger partial charge in [0.2, 0.25) is 0 Å². The van der Waals surface area contributed by atoms with E-state index in [1.807, 2.05) is 13.8 Å². The second kappa shape index (κ2) is 3.56. The molecule has 3 heteroatoms. The van der Waals surface area contributed by atoms with Crippen molar-refractivity contribution in [1.82, 2.24) is 0 Å². The number of hydrogen-bond acceptors (Lipinski definition) is 2. The number of rotatable bonds is 3. The van der Waals surface area contributed by atoms with Gasteiger partial charge in [0.05, 0.1) is 4.91 Å². The van der Waals surface area contributed by atoms with Crippen molar-refractivity contribution in [2.75, 3.05) is 0 Å². The topological polar surface area (TPSA) is 37.3 Å². The fraction of sp³-hybridized carbons (Fsp3) is 0.500. The van der Waals surface area contributed by atoms with Crippen LogP contribution in [0.5, 0.6) is 0 Å². The summed E-state index contributed by atoms with van der Waals surface area (Å²) in [6.07, 6.45) is 0. The van der Waals surface area contributed by atoms with Gasteiger partial charge in [-0.3, -0.25) is 0 Å². The van der Waals surface area contributed by atoms with Crippen LogP contribution in [0.25, 0.3) is 0 Å². The molecular formula is C6H10O2S. The maximum Gasteiger partial charge on any atom is 0.341 e. The summed E-state index contributed by atoms with van der Waals surface area (Å²) < 4.78 is 0. The Labute approximate surface area is 59.0 Å². The van der Waals surface area contributed by atoms with Gasteiger partial charge in [0.15, 0.2) is 0 Å². The number of carboxylic acids is 1. The van der Waals surface area contributed by atoms with Gasteiger partial charge in [-0.15, -0.1) is 11.8 Å². The second-order valence-electron chi connectivity index (χ2n) is 1.89. The summed E-state index contributed by atoms with van der Waals surface area (Å²) >= 11 is 1.27. The third kappa shape index (κ3) is 4.09. The maximum atomic E-state index is 10.1. The Kier molecular flexibility index (Phi) is 3.39. The highest BCUT2D eigenvalue weighted by atomic mass is 32.2. The van der Waals surface area contributed by atoms with E-state index in [1.165, 1.54) is 11.8 Å². The maximum absolute atomic E-state index is 10.1. The van der Waals surface area contributed by atoms with Gasteiger partial charge >= 0.3 is 5.97 Å². The molecule has 2 nitrogen and oxygen atoms in total. The van der Waals surface area contributed by atoms with Crippen molar-refractivity contribution in [3.8, 4) is 0 Å². The summed E-state index contributed by atoms with van der Waals surface area (Å²) in [5, 5.41) is 8.61. The number of hydrogen-bond donors (Lipinski definition) is 1. The minimum atomic E-state index is -0.922. The highest BCUT2D eigenvalue weighted by Gasteiger charge is 2.05. The Balaban J connectivity index is 3.65. The number of thioether (sulfide) groups is 1. The fourth-order valence-electron chi connectivity index (χ4n) is 0.335. The lowest BCUT2D eigenvalue weighted by Gasteiger charge is -2.01. The average Bonchev–Trinajstić information content (AvgIpc) is 1.63. The van der Waals surface area contributed by atoms with E-state index in [0.717, 1.165) is 0 Å². The molecule has 0 spiro atoms. The third-order valence-corrected chi connectivity index (χ3v) is 1.55. The first kappa shape index (κ1) is 8.56. The SMILES string of the molecule is C=C(SC(C)C)C(=O)O. The molecule has 0 aromatic rings. The van der Waals surface area contributed by atoms with Gasteiger partial charge in [0, 0.05) is 5.25 Å². The Morgan fingerprint density at radius 3 is 2.22 bits per heavy atom. The largest absolute Gasteiger partial charge is 0.477 e. The monoisotopic (exact) mass is 146 g/mol. The Hall–Kier alpha value is -0.440. The molecule has 0 amide bonds. The Bertz CT molecular complexity index is 129. The van der Waals surface area contributed by atoms with Gasteiger partial charge < -0.3 is 5.11 Å². The summed E-state index contributed by atoms with van der Waals surface area (Å²) in [6.45, 7) is 7.22. The smallest absolute Gasteiger partial charge is 0.341 e. The van der Waals surface area contributed by atoms with Crippen molar-refractivity contribution in [1.29, 1.82) is 0 Å². The van der Waals surface area contributed by atoms with Gasteiger partial charge in [-0.25, -0.2) is 4.79 Å². The molecule has 0 aromatic carbocycles. The first-order valence-electron chi connectivity index (χ1n) is 2.63. The van der Waals surface area contributed by atoms with Crippen molar-refractivity contribution in [2.45, 2.75) is 19.1 Å². The molecule has 1 N–H and O–H groups in total. The lowest BCUT2D eigenvalue weighted by atomic mass is 10.6. The molecule has 0 saturated carbocycles. The molecular weight excluding hydrogens is 136 g/mol. The third-order valence-electron chi connectivity index (χ3n) is 0.616. The van der Waals surface area contributed by atoms with Crippen LogP contribution in [0.15, 0.2) is 11.5 Å². The molecule has 0 unspecified atom stereocenters. The Morgan fingerprint density at radius 2 is 2.11 bits per heavy atom. The molecule has 0 rings (SSSR count). The van der Waals surface area contributed by atoms with Crippen molar-refractivity contribution < 1.29 is 9.90 Å². The Morgan fingerprint density at radius 1 is 1.67 bits per heavy atom. The molecule has 0 aliphatic carbocycles. The number of aliphatic carboxylic acids is 1. The molecule has 0 aromatic heterocycles. The molecule has 0 aliphatic rings. The predicted octanol–water partition coefficient (Wildman–Crippen LogP) is 1.73. The summed E-state index contributed by atoms with van der Waals surface area (Å²) in [6, 6.07) is 0. The van der Waals surface area contributed by atoms with E-state index in [-0.39, 0.29) is 4.91 Å². The van der Waals surface area contributed by atoms with Crippen molar-refractivity contribution in [2.24, 2.45) is 0 Å². The summed E-state index contributed by atoms with van der Waals surface area (Å²) in [4.78, 5) is 10.3. The lowest BCUT2D eigenvalue weighted by molar-refractivity contribution is -0.131. The average molecular weight is 146 g/mol. The van der Waals surface area contributed by atoms with Crippen LogP contribution in [0, 0.1) is 0 Å². The minimum absolute atomic E-state index is 0.213. The van der Waals surface area contributed by atoms with E-state index in [4.69, 9.17) is 5.11 Å². The molecule has 0 bridgehead atoms. The standard InChI is InChI=1S/C6H10O2S/c1-4(2)9-5(3)6(7)8/h4H,3H2,1-2H3,(H,7,8). The first-order chi connectivity index (χ1) is 4.04. The molecule has 0 aliphatic heterocycles. The first-order valence-corrected chi connectivity index (χ1v) is 3.51. The molecule has 0 radical (unpaired) electrons. The van der Waals surface area contributed by atoms with Crippen molar-refractivity contribution >= 4 is 17.7 Å². The summed E-state index contributed by atoms with van der Waals surface area (Å²) in [5.41, 5.74) is 0. The van der Waals surface area contributed by atoms with E-state index < -0.39 is 5.97 Å². The molecule has 0 heterocycles. The minimum Gasteiger partial charge on any atom is -0.477 e. The van der Waals surface area contributed by atoms with Crippen LogP contribution in [0.2, 0.25) is 0 Å². The van der Waals surface area contributed by atoms with Gasteiger partial charge in [-0.1, -0.05) is 20.4 Å². The highest BCUT2D eigenvalue weighted by molar-refractivity contribution is 8.04. The fourth-order valence-corrected chi connectivity index (χ4v) is 1.00. The van der Waals surface area contributed by atoms with E-state index in [2.05, 4.69) is 6.58 Å². The van der Waals surface area contributed by atoms with E-state index in [9.17, 15) is 4.79 Å². The molecule has 0 fully saturated rings. The number of carboxylic acid groups (broad SMARTS) is 1. The second-order valence-corrected chi connectivity index (χ2v) is 3.57. The number of carbonyl (C=O) groups is 1. The van der Waals surface area contributed by atoms with Gasteiger partial charge in [-0.2, -0.15) is 0 Å². The molecule has 0 atom stereocenters. The zero-order valence-electron chi connectivity index (χ0n) is 5.55. The van der Waals surface area contributed by atoms with Gasteiger partial charge in [-0.05, 0) is 0 Å². The van der Waals surface area contributed by atoms with Gasteiger partial charge in [0.1, 0.15) is 0 Å². The van der Waals surface area contributed by atoms with E-state index >= 15 is 0 Å². The molecule has 9 heavy (non-hydrogen) atoms. The quantitative estimate of drug-likeness (QED) is 0.616. The lowest BCUT2D eigenvalue weighted by Crippen LogP contribution is -1.98. The zero-order chi connectivity index (χ0) is 7.44. The summed E-state index contributed by atoms with van der Waals surface area (Å²) in [7, 11) is 0. The molecule has 0 saturated heterocycles. The van der Waals surface area contributed by atoms with E-state index in [1.54, 1.807) is 0 Å². The van der Waals surface area contributed by atoms with Crippen molar-refractivity contribution in [3.05, 3.63) is 11.5 Å². The molecule has 52 valence electrons. The normalized spacial score (nSPS) is 9.67. The summed E-state index contributed by atoms with van der Waals surface area (Å²) in [5.74, 6) is -0.922. The highest BCUT2D eigenvalue weighted by Crippen LogP contribution is 2.18. The van der Waals surface area contributed by atoms with Crippen LogP contribution in [0.4, 0.5) is 0 Å². The zero-order valence-corrected chi connectivity index (χ0v) is 6.36.